The van der Waals surface area contributed by atoms with Crippen molar-refractivity contribution in [3.8, 4) is 0 Å². The van der Waals surface area contributed by atoms with Crippen LogP contribution in [-0.4, -0.2) is 72.8 Å². The smallest absolute Gasteiger partial charge is 0.238 e. The van der Waals surface area contributed by atoms with Gasteiger partial charge >= 0.3 is 0 Å². The van der Waals surface area contributed by atoms with E-state index in [0.717, 1.165) is 49.5 Å². The molecule has 0 saturated carbocycles. The fourth-order valence-electron chi connectivity index (χ4n) is 3.71. The molecule has 1 aliphatic rings. The molecule has 3 rings (SSSR count). The number of likely N-dealkylation sites (N-methyl/N-ethyl adjacent to an activating group) is 1. The SMILES string of the molecule is Cc1cccc(NC(=O)CN(C)CC(=O)N2CCN(Cc3ccccc3)CC2)c1C. The van der Waals surface area contributed by atoms with Gasteiger partial charge in [-0.15, -0.1) is 0 Å². The lowest BCUT2D eigenvalue weighted by molar-refractivity contribution is -0.134. The molecule has 2 aromatic carbocycles. The zero-order chi connectivity index (χ0) is 21.5. The lowest BCUT2D eigenvalue weighted by Gasteiger charge is -2.35. The molecule has 1 heterocycles. The van der Waals surface area contributed by atoms with Gasteiger partial charge in [0.2, 0.25) is 11.8 Å². The number of carbonyl (C=O) groups excluding carboxylic acids is 2. The number of amides is 2. The van der Waals surface area contributed by atoms with Gasteiger partial charge in [-0.3, -0.25) is 19.4 Å². The molecule has 0 aromatic heterocycles. The van der Waals surface area contributed by atoms with Crippen molar-refractivity contribution in [3.63, 3.8) is 0 Å². The van der Waals surface area contributed by atoms with E-state index in [9.17, 15) is 9.59 Å². The van der Waals surface area contributed by atoms with Gasteiger partial charge in [-0.25, -0.2) is 0 Å². The van der Waals surface area contributed by atoms with E-state index >= 15 is 0 Å². The molecule has 0 bridgehead atoms. The van der Waals surface area contributed by atoms with Crippen molar-refractivity contribution in [2.45, 2.75) is 20.4 Å². The summed E-state index contributed by atoms with van der Waals surface area (Å²) in [4.78, 5) is 31.1. The molecule has 1 N–H and O–H groups in total. The minimum atomic E-state index is -0.105. The number of carbonyl (C=O) groups is 2. The van der Waals surface area contributed by atoms with Gasteiger partial charge in [0.25, 0.3) is 0 Å². The van der Waals surface area contributed by atoms with E-state index in [-0.39, 0.29) is 24.9 Å². The van der Waals surface area contributed by atoms with Crippen LogP contribution in [0, 0.1) is 13.8 Å². The summed E-state index contributed by atoms with van der Waals surface area (Å²) < 4.78 is 0. The maximum atomic E-state index is 12.6. The van der Waals surface area contributed by atoms with E-state index < -0.39 is 0 Å². The highest BCUT2D eigenvalue weighted by molar-refractivity contribution is 5.93. The first-order valence-corrected chi connectivity index (χ1v) is 10.5. The lowest BCUT2D eigenvalue weighted by atomic mass is 10.1. The van der Waals surface area contributed by atoms with Gasteiger partial charge in [-0.05, 0) is 43.7 Å². The quantitative estimate of drug-likeness (QED) is 0.765. The maximum Gasteiger partial charge on any atom is 0.238 e. The summed E-state index contributed by atoms with van der Waals surface area (Å²) in [5, 5.41) is 2.95. The summed E-state index contributed by atoms with van der Waals surface area (Å²) in [6, 6.07) is 16.3. The molecular formula is C24H32N4O2. The van der Waals surface area contributed by atoms with Gasteiger partial charge in [-0.2, -0.15) is 0 Å². The van der Waals surface area contributed by atoms with Gasteiger partial charge in [0.15, 0.2) is 0 Å². The Bertz CT molecular complexity index is 861. The van der Waals surface area contributed by atoms with E-state index in [1.807, 2.05) is 50.1 Å². The van der Waals surface area contributed by atoms with Gasteiger partial charge in [0, 0.05) is 38.4 Å². The van der Waals surface area contributed by atoms with Crippen LogP contribution in [-0.2, 0) is 16.1 Å². The molecule has 0 unspecified atom stereocenters. The molecule has 30 heavy (non-hydrogen) atoms. The second kappa shape index (κ2) is 10.4. The Labute approximate surface area is 179 Å². The first kappa shape index (κ1) is 22.0. The van der Waals surface area contributed by atoms with E-state index in [1.54, 1.807) is 4.90 Å². The topological polar surface area (TPSA) is 55.9 Å². The molecule has 2 aromatic rings. The van der Waals surface area contributed by atoms with E-state index in [4.69, 9.17) is 0 Å². The van der Waals surface area contributed by atoms with Gasteiger partial charge in [0.1, 0.15) is 0 Å². The number of benzene rings is 2. The molecule has 0 aliphatic carbocycles. The normalized spacial score (nSPS) is 14.7. The highest BCUT2D eigenvalue weighted by Crippen LogP contribution is 2.17. The number of hydrogen-bond acceptors (Lipinski definition) is 4. The van der Waals surface area contributed by atoms with Crippen LogP contribution < -0.4 is 5.32 Å². The third kappa shape index (κ3) is 6.15. The average molecular weight is 409 g/mol. The number of hydrogen-bond donors (Lipinski definition) is 1. The predicted octanol–water partition coefficient (Wildman–Crippen LogP) is 2.52. The average Bonchev–Trinajstić information content (AvgIpc) is 2.72. The van der Waals surface area contributed by atoms with Gasteiger partial charge in [-0.1, -0.05) is 42.5 Å². The van der Waals surface area contributed by atoms with Gasteiger partial charge in [0.05, 0.1) is 13.1 Å². The fourth-order valence-corrected chi connectivity index (χ4v) is 3.71. The maximum absolute atomic E-state index is 12.6. The molecule has 0 spiro atoms. The minimum Gasteiger partial charge on any atom is -0.339 e. The fraction of sp³-hybridized carbons (Fsp3) is 0.417. The first-order chi connectivity index (χ1) is 14.4. The van der Waals surface area contributed by atoms with Crippen molar-refractivity contribution >= 4 is 17.5 Å². The van der Waals surface area contributed by atoms with Crippen LogP contribution in [0.15, 0.2) is 48.5 Å². The van der Waals surface area contributed by atoms with Crippen molar-refractivity contribution in [2.24, 2.45) is 0 Å². The molecule has 1 saturated heterocycles. The van der Waals surface area contributed by atoms with E-state index in [2.05, 4.69) is 34.5 Å². The summed E-state index contributed by atoms with van der Waals surface area (Å²) in [6.45, 7) is 8.58. The highest BCUT2D eigenvalue weighted by atomic mass is 16.2. The molecule has 1 fully saturated rings. The van der Waals surface area contributed by atoms with Crippen LogP contribution >= 0.6 is 0 Å². The van der Waals surface area contributed by atoms with Crippen LogP contribution in [0.25, 0.3) is 0 Å². The Hall–Kier alpha value is -2.70. The summed E-state index contributed by atoms with van der Waals surface area (Å²) in [5.74, 6) is -0.0249. The van der Waals surface area contributed by atoms with Gasteiger partial charge < -0.3 is 10.2 Å². The molecule has 2 amide bonds. The molecule has 0 atom stereocenters. The largest absolute Gasteiger partial charge is 0.339 e. The Kier molecular flexibility index (Phi) is 7.60. The van der Waals surface area contributed by atoms with Crippen molar-refractivity contribution in [1.29, 1.82) is 0 Å². The van der Waals surface area contributed by atoms with E-state index in [0.29, 0.717) is 0 Å². The second-order valence-electron chi connectivity index (χ2n) is 8.11. The molecule has 160 valence electrons. The molecular weight excluding hydrogens is 376 g/mol. The standard InChI is InChI=1S/C24H32N4O2/c1-19-8-7-11-22(20(19)2)25-23(29)17-26(3)18-24(30)28-14-12-27(13-15-28)16-21-9-5-4-6-10-21/h4-11H,12-18H2,1-3H3,(H,25,29). The van der Waals surface area contributed by atoms with Crippen molar-refractivity contribution in [2.75, 3.05) is 51.6 Å². The van der Waals surface area contributed by atoms with Crippen LogP contribution in [0.4, 0.5) is 5.69 Å². The Balaban J connectivity index is 1.41. The Morgan fingerprint density at radius 2 is 1.63 bits per heavy atom. The van der Waals surface area contributed by atoms with E-state index in [1.165, 1.54) is 5.56 Å². The van der Waals surface area contributed by atoms with Crippen molar-refractivity contribution in [1.82, 2.24) is 14.7 Å². The Morgan fingerprint density at radius 1 is 0.933 bits per heavy atom. The summed E-state index contributed by atoms with van der Waals surface area (Å²) in [7, 11) is 1.81. The zero-order valence-electron chi connectivity index (χ0n) is 18.2. The summed E-state index contributed by atoms with van der Waals surface area (Å²) >= 11 is 0. The third-order valence-electron chi connectivity index (χ3n) is 5.67. The summed E-state index contributed by atoms with van der Waals surface area (Å²) in [6.07, 6.45) is 0. The van der Waals surface area contributed by atoms with Crippen LogP contribution in [0.3, 0.4) is 0 Å². The lowest BCUT2D eigenvalue weighted by Crippen LogP contribution is -2.51. The second-order valence-corrected chi connectivity index (χ2v) is 8.11. The predicted molar refractivity (Wildman–Crippen MR) is 120 cm³/mol. The number of anilines is 1. The van der Waals surface area contributed by atoms with Crippen molar-refractivity contribution < 1.29 is 9.59 Å². The molecule has 6 heteroatoms. The highest BCUT2D eigenvalue weighted by Gasteiger charge is 2.22. The zero-order valence-corrected chi connectivity index (χ0v) is 18.2. The summed E-state index contributed by atoms with van der Waals surface area (Å²) in [5.41, 5.74) is 4.34. The number of piperazine rings is 1. The third-order valence-corrected chi connectivity index (χ3v) is 5.67. The monoisotopic (exact) mass is 408 g/mol. The molecule has 1 aliphatic heterocycles. The number of nitrogens with one attached hydrogen (secondary N) is 1. The Morgan fingerprint density at radius 3 is 2.33 bits per heavy atom. The molecule has 6 nitrogen and oxygen atoms in total. The van der Waals surface area contributed by atoms with Crippen LogP contribution in [0.2, 0.25) is 0 Å². The number of nitrogens with zero attached hydrogens (tertiary/aromatic N) is 3. The van der Waals surface area contributed by atoms with Crippen molar-refractivity contribution in [3.05, 3.63) is 65.2 Å². The first-order valence-electron chi connectivity index (χ1n) is 10.5. The molecule has 0 radical (unpaired) electrons. The number of rotatable bonds is 7. The van der Waals surface area contributed by atoms with Crippen LogP contribution in [0.5, 0.6) is 0 Å². The minimum absolute atomic E-state index is 0.0800. The number of aryl methyl sites for hydroxylation is 1. The van der Waals surface area contributed by atoms with Crippen LogP contribution in [0.1, 0.15) is 16.7 Å².